The summed E-state index contributed by atoms with van der Waals surface area (Å²) in [6, 6.07) is 4.00. The molecule has 0 aliphatic carbocycles. The summed E-state index contributed by atoms with van der Waals surface area (Å²) in [6.07, 6.45) is 1.11. The van der Waals surface area contributed by atoms with Crippen LogP contribution in [0.4, 0.5) is 0 Å². The van der Waals surface area contributed by atoms with Gasteiger partial charge in [-0.3, -0.25) is 0 Å². The lowest BCUT2D eigenvalue weighted by Gasteiger charge is -2.31. The molecular weight excluding hydrogens is 250 g/mol. The molecule has 0 spiro atoms. The Morgan fingerprint density at radius 2 is 2.06 bits per heavy atom. The van der Waals surface area contributed by atoms with E-state index >= 15 is 0 Å². The van der Waals surface area contributed by atoms with Gasteiger partial charge in [-0.25, -0.2) is 0 Å². The first-order valence-electron chi connectivity index (χ1n) is 6.30. The fraction of sp³-hybridized carbons (Fsp3) is 0.571. The molecule has 1 aromatic carbocycles. The number of benzene rings is 1. The van der Waals surface area contributed by atoms with Crippen LogP contribution in [-0.4, -0.2) is 27.3 Å². The van der Waals surface area contributed by atoms with Gasteiger partial charge in [-0.15, -0.1) is 0 Å². The lowest BCUT2D eigenvalue weighted by atomic mass is 9.82. The van der Waals surface area contributed by atoms with Crippen molar-refractivity contribution in [3.8, 4) is 11.5 Å². The van der Waals surface area contributed by atoms with Gasteiger partial charge in [-0.1, -0.05) is 24.6 Å². The van der Waals surface area contributed by atoms with Crippen LogP contribution in [0, 0.1) is 5.92 Å². The van der Waals surface area contributed by atoms with Crippen LogP contribution < -0.4 is 14.8 Å². The summed E-state index contributed by atoms with van der Waals surface area (Å²) < 4.78 is 10.6. The molecular formula is C14H20ClNO2. The SMILES string of the molecule is COc1ccc(C2CCNCC2C)c(Cl)c1OC. The van der Waals surface area contributed by atoms with Crippen molar-refractivity contribution < 1.29 is 9.47 Å². The van der Waals surface area contributed by atoms with Gasteiger partial charge < -0.3 is 14.8 Å². The van der Waals surface area contributed by atoms with Crippen LogP contribution in [0.25, 0.3) is 0 Å². The molecule has 2 unspecified atom stereocenters. The van der Waals surface area contributed by atoms with Gasteiger partial charge in [0.15, 0.2) is 11.5 Å². The Bertz CT molecular complexity index is 423. The van der Waals surface area contributed by atoms with E-state index in [-0.39, 0.29) is 0 Å². The lowest BCUT2D eigenvalue weighted by Crippen LogP contribution is -2.33. The van der Waals surface area contributed by atoms with Crippen LogP contribution in [0.1, 0.15) is 24.8 Å². The summed E-state index contributed by atoms with van der Waals surface area (Å²) in [5.41, 5.74) is 1.17. The van der Waals surface area contributed by atoms with E-state index in [9.17, 15) is 0 Å². The van der Waals surface area contributed by atoms with Gasteiger partial charge in [0.25, 0.3) is 0 Å². The fourth-order valence-corrected chi connectivity index (χ4v) is 3.04. The second-order valence-corrected chi connectivity index (χ2v) is 5.16. The standard InChI is InChI=1S/C14H20ClNO2/c1-9-8-16-7-6-10(9)11-4-5-12(17-2)14(18-3)13(11)15/h4-5,9-10,16H,6-8H2,1-3H3. The van der Waals surface area contributed by atoms with Crippen LogP contribution >= 0.6 is 11.6 Å². The molecule has 1 N–H and O–H groups in total. The third-order valence-electron chi connectivity index (χ3n) is 3.70. The van der Waals surface area contributed by atoms with Gasteiger partial charge in [-0.05, 0) is 43.0 Å². The van der Waals surface area contributed by atoms with Crippen LogP contribution in [0.2, 0.25) is 5.02 Å². The molecule has 1 saturated heterocycles. The summed E-state index contributed by atoms with van der Waals surface area (Å²) in [4.78, 5) is 0. The van der Waals surface area contributed by atoms with Gasteiger partial charge in [0, 0.05) is 0 Å². The minimum Gasteiger partial charge on any atom is -0.493 e. The van der Waals surface area contributed by atoms with Crippen molar-refractivity contribution in [2.45, 2.75) is 19.3 Å². The molecule has 1 aliphatic rings. The second kappa shape index (κ2) is 5.81. The Morgan fingerprint density at radius 3 is 2.67 bits per heavy atom. The minimum atomic E-state index is 0.485. The van der Waals surface area contributed by atoms with Crippen molar-refractivity contribution in [2.24, 2.45) is 5.92 Å². The van der Waals surface area contributed by atoms with Gasteiger partial charge in [0.1, 0.15) is 0 Å². The van der Waals surface area contributed by atoms with Gasteiger partial charge in [0.05, 0.1) is 19.2 Å². The van der Waals surface area contributed by atoms with Crippen molar-refractivity contribution in [2.75, 3.05) is 27.3 Å². The maximum Gasteiger partial charge on any atom is 0.179 e. The van der Waals surface area contributed by atoms with E-state index in [0.717, 1.165) is 19.5 Å². The highest BCUT2D eigenvalue weighted by Crippen LogP contribution is 2.43. The molecule has 3 nitrogen and oxygen atoms in total. The first kappa shape index (κ1) is 13.5. The molecule has 1 aliphatic heterocycles. The number of methoxy groups -OCH3 is 2. The van der Waals surface area contributed by atoms with E-state index < -0.39 is 0 Å². The Hall–Kier alpha value is -0.930. The van der Waals surface area contributed by atoms with E-state index in [2.05, 4.69) is 18.3 Å². The summed E-state index contributed by atoms with van der Waals surface area (Å²) in [6.45, 7) is 4.33. The van der Waals surface area contributed by atoms with Crippen molar-refractivity contribution in [1.82, 2.24) is 5.32 Å². The quantitative estimate of drug-likeness (QED) is 0.915. The van der Waals surface area contributed by atoms with Crippen LogP contribution in [-0.2, 0) is 0 Å². The molecule has 2 rings (SSSR count). The van der Waals surface area contributed by atoms with E-state index in [1.165, 1.54) is 5.56 Å². The van der Waals surface area contributed by atoms with Crippen molar-refractivity contribution in [3.63, 3.8) is 0 Å². The molecule has 2 atom stereocenters. The molecule has 100 valence electrons. The first-order valence-corrected chi connectivity index (χ1v) is 6.68. The molecule has 18 heavy (non-hydrogen) atoms. The van der Waals surface area contributed by atoms with E-state index in [0.29, 0.717) is 28.4 Å². The van der Waals surface area contributed by atoms with Crippen molar-refractivity contribution >= 4 is 11.6 Å². The number of halogens is 1. The third-order valence-corrected chi connectivity index (χ3v) is 4.09. The predicted molar refractivity (Wildman–Crippen MR) is 73.9 cm³/mol. The second-order valence-electron chi connectivity index (χ2n) is 4.78. The fourth-order valence-electron chi connectivity index (χ4n) is 2.67. The Kier molecular flexibility index (Phi) is 4.36. The monoisotopic (exact) mass is 269 g/mol. The van der Waals surface area contributed by atoms with Gasteiger partial charge in [0.2, 0.25) is 0 Å². The lowest BCUT2D eigenvalue weighted by molar-refractivity contribution is 0.340. The molecule has 4 heteroatoms. The summed E-state index contributed by atoms with van der Waals surface area (Å²) in [5.74, 6) is 2.39. The van der Waals surface area contributed by atoms with E-state index in [4.69, 9.17) is 21.1 Å². The first-order chi connectivity index (χ1) is 8.69. The Morgan fingerprint density at radius 1 is 1.28 bits per heavy atom. The normalized spacial score (nSPS) is 23.8. The minimum absolute atomic E-state index is 0.485. The number of ether oxygens (including phenoxy) is 2. The highest BCUT2D eigenvalue weighted by Gasteiger charge is 2.26. The zero-order valence-electron chi connectivity index (χ0n) is 11.1. The van der Waals surface area contributed by atoms with E-state index in [1.807, 2.05) is 6.07 Å². The highest BCUT2D eigenvalue weighted by molar-refractivity contribution is 6.33. The number of nitrogens with one attached hydrogen (secondary N) is 1. The van der Waals surface area contributed by atoms with Crippen LogP contribution in [0.3, 0.4) is 0 Å². The number of hydrogen-bond acceptors (Lipinski definition) is 3. The topological polar surface area (TPSA) is 30.5 Å². The predicted octanol–water partition coefficient (Wildman–Crippen LogP) is 3.07. The average molecular weight is 270 g/mol. The summed E-state index contributed by atoms with van der Waals surface area (Å²) in [5, 5.41) is 4.10. The number of hydrogen-bond donors (Lipinski definition) is 1. The van der Waals surface area contributed by atoms with Crippen molar-refractivity contribution in [3.05, 3.63) is 22.7 Å². The number of rotatable bonds is 3. The smallest absolute Gasteiger partial charge is 0.179 e. The van der Waals surface area contributed by atoms with Gasteiger partial charge in [-0.2, -0.15) is 0 Å². The van der Waals surface area contributed by atoms with E-state index in [1.54, 1.807) is 14.2 Å². The molecule has 0 radical (unpaired) electrons. The molecule has 1 heterocycles. The van der Waals surface area contributed by atoms with Crippen LogP contribution in [0.5, 0.6) is 11.5 Å². The Balaban J connectivity index is 2.38. The zero-order chi connectivity index (χ0) is 13.1. The maximum absolute atomic E-state index is 6.47. The molecule has 0 amide bonds. The largest absolute Gasteiger partial charge is 0.493 e. The Labute approximate surface area is 113 Å². The highest BCUT2D eigenvalue weighted by atomic mass is 35.5. The zero-order valence-corrected chi connectivity index (χ0v) is 11.9. The number of piperidine rings is 1. The third kappa shape index (κ3) is 2.43. The maximum atomic E-state index is 6.47. The summed E-state index contributed by atoms with van der Waals surface area (Å²) >= 11 is 6.47. The van der Waals surface area contributed by atoms with Crippen LogP contribution in [0.15, 0.2) is 12.1 Å². The molecule has 0 saturated carbocycles. The molecule has 0 bridgehead atoms. The summed E-state index contributed by atoms with van der Waals surface area (Å²) in [7, 11) is 3.25. The van der Waals surface area contributed by atoms with Gasteiger partial charge >= 0.3 is 0 Å². The average Bonchev–Trinajstić information content (AvgIpc) is 2.39. The van der Waals surface area contributed by atoms with Crippen molar-refractivity contribution in [1.29, 1.82) is 0 Å². The molecule has 1 fully saturated rings. The molecule has 1 aromatic rings. The molecule has 0 aromatic heterocycles.